The Kier molecular flexibility index (Phi) is 5.93. The highest BCUT2D eigenvalue weighted by molar-refractivity contribution is 5.59. The van der Waals surface area contributed by atoms with Crippen molar-refractivity contribution in [3.63, 3.8) is 0 Å². The van der Waals surface area contributed by atoms with Crippen molar-refractivity contribution in [1.29, 1.82) is 0 Å². The highest BCUT2D eigenvalue weighted by atomic mass is 19.4. The second-order valence-corrected chi connectivity index (χ2v) is 9.89. The fraction of sp³-hybridized carbons (Fsp3) is 0.538. The standard InChI is InChI=1S/C26H32F3N3/c1-31-11-13-32(14-12-31)17-18-7-9-21-22(15-18)23-16-20(26(27,28)29)8-10-24(23)30-25(21)19-5-3-2-4-6-19/h2-6,8,10,16,18,21-22,25,30H,7,9,11-15,17H2,1H3. The Balaban J connectivity index is 1.43. The van der Waals surface area contributed by atoms with Crippen LogP contribution in [0.4, 0.5) is 18.9 Å². The minimum Gasteiger partial charge on any atom is -0.378 e. The molecule has 0 aromatic heterocycles. The second-order valence-electron chi connectivity index (χ2n) is 9.89. The Morgan fingerprint density at radius 1 is 0.969 bits per heavy atom. The molecule has 2 aromatic carbocycles. The third-order valence-corrected chi connectivity index (χ3v) is 7.80. The Labute approximate surface area is 188 Å². The second kappa shape index (κ2) is 8.71. The number of hydrogen-bond donors (Lipinski definition) is 1. The zero-order chi connectivity index (χ0) is 22.3. The fourth-order valence-electron chi connectivity index (χ4n) is 6.04. The van der Waals surface area contributed by atoms with Crippen molar-refractivity contribution in [3.8, 4) is 0 Å². The number of hydrogen-bond acceptors (Lipinski definition) is 3. The van der Waals surface area contributed by atoms with Gasteiger partial charge in [0, 0.05) is 38.4 Å². The van der Waals surface area contributed by atoms with E-state index < -0.39 is 11.7 Å². The molecule has 4 atom stereocenters. The first-order valence-electron chi connectivity index (χ1n) is 11.8. The highest BCUT2D eigenvalue weighted by Crippen LogP contribution is 2.53. The van der Waals surface area contributed by atoms with E-state index in [2.05, 4.69) is 34.3 Å². The molecule has 1 saturated carbocycles. The van der Waals surface area contributed by atoms with Crippen LogP contribution in [0.15, 0.2) is 48.5 Å². The van der Waals surface area contributed by atoms with Crippen molar-refractivity contribution >= 4 is 5.69 Å². The van der Waals surface area contributed by atoms with E-state index in [4.69, 9.17) is 0 Å². The van der Waals surface area contributed by atoms with Gasteiger partial charge >= 0.3 is 6.18 Å². The molecule has 3 aliphatic rings. The molecule has 0 radical (unpaired) electrons. The molecule has 5 rings (SSSR count). The topological polar surface area (TPSA) is 18.5 Å². The number of nitrogens with zero attached hydrogens (tertiary/aromatic N) is 2. The van der Waals surface area contributed by atoms with Gasteiger partial charge in [0.2, 0.25) is 0 Å². The first-order chi connectivity index (χ1) is 15.4. The molecule has 3 nitrogen and oxygen atoms in total. The van der Waals surface area contributed by atoms with Gasteiger partial charge in [-0.2, -0.15) is 13.2 Å². The molecular formula is C26H32F3N3. The molecule has 172 valence electrons. The van der Waals surface area contributed by atoms with Crippen LogP contribution >= 0.6 is 0 Å². The van der Waals surface area contributed by atoms with Crippen LogP contribution in [0.3, 0.4) is 0 Å². The summed E-state index contributed by atoms with van der Waals surface area (Å²) in [5.74, 6) is 1.01. The molecule has 1 N–H and O–H groups in total. The predicted octanol–water partition coefficient (Wildman–Crippen LogP) is 5.62. The largest absolute Gasteiger partial charge is 0.416 e. The maximum Gasteiger partial charge on any atom is 0.416 e. The fourth-order valence-corrected chi connectivity index (χ4v) is 6.04. The maximum atomic E-state index is 13.5. The third kappa shape index (κ3) is 4.40. The molecule has 2 fully saturated rings. The van der Waals surface area contributed by atoms with Crippen LogP contribution < -0.4 is 5.32 Å². The van der Waals surface area contributed by atoms with Crippen LogP contribution in [-0.2, 0) is 6.18 Å². The van der Waals surface area contributed by atoms with E-state index in [9.17, 15) is 13.2 Å². The molecule has 0 amide bonds. The lowest BCUT2D eigenvalue weighted by atomic mass is 9.65. The van der Waals surface area contributed by atoms with Gasteiger partial charge < -0.3 is 15.1 Å². The third-order valence-electron chi connectivity index (χ3n) is 7.80. The smallest absolute Gasteiger partial charge is 0.378 e. The van der Waals surface area contributed by atoms with Crippen molar-refractivity contribution in [2.45, 2.75) is 37.4 Å². The first kappa shape index (κ1) is 21.8. The summed E-state index contributed by atoms with van der Waals surface area (Å²) in [6, 6.07) is 14.8. The van der Waals surface area contributed by atoms with Gasteiger partial charge in [0.1, 0.15) is 0 Å². The van der Waals surface area contributed by atoms with Gasteiger partial charge in [-0.3, -0.25) is 0 Å². The summed E-state index contributed by atoms with van der Waals surface area (Å²) < 4.78 is 40.5. The van der Waals surface area contributed by atoms with E-state index in [1.807, 2.05) is 18.2 Å². The number of nitrogens with one attached hydrogen (secondary N) is 1. The minimum absolute atomic E-state index is 0.148. The van der Waals surface area contributed by atoms with Gasteiger partial charge in [-0.1, -0.05) is 30.3 Å². The summed E-state index contributed by atoms with van der Waals surface area (Å²) in [4.78, 5) is 4.91. The van der Waals surface area contributed by atoms with Crippen molar-refractivity contribution in [2.24, 2.45) is 11.8 Å². The molecule has 32 heavy (non-hydrogen) atoms. The quantitative estimate of drug-likeness (QED) is 0.664. The number of alkyl halides is 3. The number of halogens is 3. The minimum atomic E-state index is -4.31. The number of anilines is 1. The van der Waals surface area contributed by atoms with E-state index in [0.29, 0.717) is 11.8 Å². The molecule has 0 bridgehead atoms. The van der Waals surface area contributed by atoms with E-state index in [-0.39, 0.29) is 12.0 Å². The zero-order valence-electron chi connectivity index (χ0n) is 18.6. The lowest BCUT2D eigenvalue weighted by molar-refractivity contribution is -0.137. The lowest BCUT2D eigenvalue weighted by Gasteiger charge is -2.47. The van der Waals surface area contributed by atoms with Gasteiger partial charge in [-0.15, -0.1) is 0 Å². The Morgan fingerprint density at radius 3 is 2.44 bits per heavy atom. The zero-order valence-corrected chi connectivity index (χ0v) is 18.6. The van der Waals surface area contributed by atoms with Crippen LogP contribution in [0.1, 0.15) is 47.9 Å². The normalized spacial score (nSPS) is 29.1. The maximum absolute atomic E-state index is 13.5. The van der Waals surface area contributed by atoms with Crippen LogP contribution in [-0.4, -0.2) is 49.6 Å². The average Bonchev–Trinajstić information content (AvgIpc) is 2.79. The molecule has 0 spiro atoms. The summed E-state index contributed by atoms with van der Waals surface area (Å²) in [7, 11) is 2.16. The summed E-state index contributed by atoms with van der Waals surface area (Å²) in [6.07, 6.45) is -1.15. The van der Waals surface area contributed by atoms with E-state index in [1.165, 1.54) is 17.7 Å². The summed E-state index contributed by atoms with van der Waals surface area (Å²) in [6.45, 7) is 5.43. The molecule has 2 aromatic rings. The number of fused-ring (bicyclic) bond motifs is 3. The first-order valence-corrected chi connectivity index (χ1v) is 11.8. The van der Waals surface area contributed by atoms with Crippen molar-refractivity contribution in [2.75, 3.05) is 45.1 Å². The van der Waals surface area contributed by atoms with E-state index >= 15 is 0 Å². The van der Waals surface area contributed by atoms with Crippen molar-refractivity contribution in [3.05, 3.63) is 65.2 Å². The predicted molar refractivity (Wildman–Crippen MR) is 122 cm³/mol. The van der Waals surface area contributed by atoms with E-state index in [1.54, 1.807) is 6.07 Å². The Morgan fingerprint density at radius 2 is 1.72 bits per heavy atom. The van der Waals surface area contributed by atoms with Gasteiger partial charge in [-0.05, 0) is 73.4 Å². The molecule has 2 aliphatic heterocycles. The molecule has 6 heteroatoms. The Hall–Kier alpha value is -2.05. The van der Waals surface area contributed by atoms with Crippen LogP contribution in [0, 0.1) is 11.8 Å². The lowest BCUT2D eigenvalue weighted by Crippen LogP contribution is -2.47. The van der Waals surface area contributed by atoms with Gasteiger partial charge in [0.05, 0.1) is 11.6 Å². The van der Waals surface area contributed by atoms with E-state index in [0.717, 1.165) is 63.2 Å². The monoisotopic (exact) mass is 443 g/mol. The molecule has 2 heterocycles. The number of piperazine rings is 1. The van der Waals surface area contributed by atoms with Gasteiger partial charge in [-0.25, -0.2) is 0 Å². The van der Waals surface area contributed by atoms with Crippen molar-refractivity contribution < 1.29 is 13.2 Å². The molecule has 1 saturated heterocycles. The number of likely N-dealkylation sites (N-methyl/N-ethyl adjacent to an activating group) is 1. The van der Waals surface area contributed by atoms with Gasteiger partial charge in [0.25, 0.3) is 0 Å². The SMILES string of the molecule is CN1CCN(CC2CCC3C(C2)c2cc(C(F)(F)F)ccc2NC3c2ccccc2)CC1. The number of benzene rings is 2. The van der Waals surface area contributed by atoms with Crippen LogP contribution in [0.5, 0.6) is 0 Å². The Bertz CT molecular complexity index is 922. The molecule has 1 aliphatic carbocycles. The molecular weight excluding hydrogens is 411 g/mol. The van der Waals surface area contributed by atoms with Crippen molar-refractivity contribution in [1.82, 2.24) is 9.80 Å². The highest BCUT2D eigenvalue weighted by Gasteiger charge is 2.43. The number of rotatable bonds is 3. The van der Waals surface area contributed by atoms with Crippen LogP contribution in [0.25, 0.3) is 0 Å². The summed E-state index contributed by atoms with van der Waals surface area (Å²) in [5, 5.41) is 3.61. The summed E-state index contributed by atoms with van der Waals surface area (Å²) in [5.41, 5.74) is 2.43. The molecule has 4 unspecified atom stereocenters. The average molecular weight is 444 g/mol. The summed E-state index contributed by atoms with van der Waals surface area (Å²) >= 11 is 0. The van der Waals surface area contributed by atoms with Crippen LogP contribution in [0.2, 0.25) is 0 Å². The van der Waals surface area contributed by atoms with Gasteiger partial charge in [0.15, 0.2) is 0 Å².